The first-order chi connectivity index (χ1) is 15.1. The fourth-order valence-electron chi connectivity index (χ4n) is 3.38. The Morgan fingerprint density at radius 1 is 1.26 bits per heavy atom. The van der Waals surface area contributed by atoms with Gasteiger partial charge in [0, 0.05) is 30.8 Å². The van der Waals surface area contributed by atoms with E-state index in [1.807, 2.05) is 24.3 Å². The largest absolute Gasteiger partial charge is 0.382 e. The summed E-state index contributed by atoms with van der Waals surface area (Å²) in [4.78, 5) is 33.3. The molecule has 5 N–H and O–H groups in total. The number of carbonyl (C=O) groups is 2. The number of nitrogens with zero attached hydrogens (tertiary/aromatic N) is 3. The minimum absolute atomic E-state index is 0.0439. The fourth-order valence-corrected chi connectivity index (χ4v) is 3.38. The number of carbonyl (C=O) groups excluding carboxylic acids is 2. The molecule has 31 heavy (non-hydrogen) atoms. The van der Waals surface area contributed by atoms with Gasteiger partial charge in [-0.25, -0.2) is 9.97 Å². The summed E-state index contributed by atoms with van der Waals surface area (Å²) in [6.07, 6.45) is 4.85. The van der Waals surface area contributed by atoms with Crippen LogP contribution in [0.25, 0.3) is 11.3 Å². The number of hydrogen-bond donors (Lipinski definition) is 4. The van der Waals surface area contributed by atoms with E-state index in [2.05, 4.69) is 31.1 Å². The lowest BCUT2D eigenvalue weighted by atomic mass is 10.1. The highest BCUT2D eigenvalue weighted by atomic mass is 16.5. The zero-order chi connectivity index (χ0) is 21.6. The molecule has 1 aliphatic heterocycles. The zero-order valence-corrected chi connectivity index (χ0v) is 16.8. The minimum Gasteiger partial charge on any atom is -0.382 e. The topological polar surface area (TPSA) is 148 Å². The van der Waals surface area contributed by atoms with Crippen molar-refractivity contribution >= 4 is 17.6 Å². The van der Waals surface area contributed by atoms with E-state index in [-0.39, 0.29) is 41.7 Å². The van der Waals surface area contributed by atoms with Gasteiger partial charge in [-0.15, -0.1) is 0 Å². The number of nitrogen functional groups attached to an aromatic ring is 1. The molecule has 10 heteroatoms. The summed E-state index contributed by atoms with van der Waals surface area (Å²) in [5.41, 5.74) is 8.15. The van der Waals surface area contributed by atoms with E-state index in [0.717, 1.165) is 37.1 Å². The molecule has 3 heterocycles. The van der Waals surface area contributed by atoms with Crippen LogP contribution in [-0.2, 0) is 6.54 Å². The summed E-state index contributed by atoms with van der Waals surface area (Å²) in [7, 11) is 0. The molecule has 1 saturated heterocycles. The number of aromatic nitrogens is 3. The first kappa shape index (κ1) is 20.5. The maximum absolute atomic E-state index is 12.7. The number of piperidine rings is 1. The Morgan fingerprint density at radius 2 is 2.16 bits per heavy atom. The van der Waals surface area contributed by atoms with Gasteiger partial charge in [0.2, 0.25) is 5.76 Å². The van der Waals surface area contributed by atoms with Crippen molar-refractivity contribution in [1.29, 1.82) is 0 Å². The Bertz CT molecular complexity index is 1060. The van der Waals surface area contributed by atoms with Gasteiger partial charge in [-0.1, -0.05) is 23.4 Å². The second-order valence-corrected chi connectivity index (χ2v) is 7.27. The Balaban J connectivity index is 1.47. The molecule has 1 fully saturated rings. The first-order valence-corrected chi connectivity index (χ1v) is 10.0. The van der Waals surface area contributed by atoms with Gasteiger partial charge in [0.25, 0.3) is 11.8 Å². The summed E-state index contributed by atoms with van der Waals surface area (Å²) >= 11 is 0. The van der Waals surface area contributed by atoms with Crippen molar-refractivity contribution in [3.05, 3.63) is 59.7 Å². The highest BCUT2D eigenvalue weighted by molar-refractivity contribution is 5.97. The first-order valence-electron chi connectivity index (χ1n) is 10.0. The van der Waals surface area contributed by atoms with E-state index >= 15 is 0 Å². The number of anilines is 1. The van der Waals surface area contributed by atoms with E-state index in [0.29, 0.717) is 5.69 Å². The molecule has 0 saturated carbocycles. The number of benzene rings is 1. The molecule has 0 aliphatic carbocycles. The van der Waals surface area contributed by atoms with Crippen LogP contribution in [0.2, 0.25) is 0 Å². The predicted molar refractivity (Wildman–Crippen MR) is 113 cm³/mol. The molecule has 4 rings (SSSR count). The van der Waals surface area contributed by atoms with Crippen LogP contribution < -0.4 is 21.7 Å². The van der Waals surface area contributed by atoms with E-state index in [1.54, 1.807) is 0 Å². The lowest BCUT2D eigenvalue weighted by Crippen LogP contribution is -2.46. The predicted octanol–water partition coefficient (Wildman–Crippen LogP) is 1.13. The molecule has 0 spiro atoms. The lowest BCUT2D eigenvalue weighted by Gasteiger charge is -2.23. The number of nitrogens with two attached hydrogens (primary N) is 1. The second kappa shape index (κ2) is 9.35. The summed E-state index contributed by atoms with van der Waals surface area (Å²) in [6.45, 7) is 1.97. The quantitative estimate of drug-likeness (QED) is 0.463. The van der Waals surface area contributed by atoms with Crippen molar-refractivity contribution < 1.29 is 14.1 Å². The van der Waals surface area contributed by atoms with Crippen molar-refractivity contribution in [3.8, 4) is 11.3 Å². The van der Waals surface area contributed by atoms with E-state index in [4.69, 9.17) is 10.3 Å². The molecular formula is C21H23N7O3. The third kappa shape index (κ3) is 5.04. The molecule has 1 aliphatic rings. The molecule has 10 nitrogen and oxygen atoms in total. The standard InChI is InChI=1S/C21H23N7O3/c22-19-18(21(30)27-15-5-2-7-23-11-15)28-16(12-24-19)14-4-1-3-13(9-14)10-25-20(29)17-6-8-26-31-17/h1,3-4,6,8-9,12,15,23H,2,5,7,10-11H2,(H2,22,24)(H,25,29)(H,27,30). The van der Waals surface area contributed by atoms with Crippen LogP contribution in [0.5, 0.6) is 0 Å². The minimum atomic E-state index is -0.355. The van der Waals surface area contributed by atoms with Gasteiger partial charge in [-0.05, 0) is 31.0 Å². The Labute approximate surface area is 178 Å². The Morgan fingerprint density at radius 3 is 2.94 bits per heavy atom. The van der Waals surface area contributed by atoms with Crippen LogP contribution in [0, 0.1) is 0 Å². The van der Waals surface area contributed by atoms with Crippen LogP contribution >= 0.6 is 0 Å². The molecule has 1 atom stereocenters. The van der Waals surface area contributed by atoms with E-state index in [9.17, 15) is 9.59 Å². The second-order valence-electron chi connectivity index (χ2n) is 7.27. The van der Waals surface area contributed by atoms with Gasteiger partial charge < -0.3 is 26.2 Å². The third-order valence-corrected chi connectivity index (χ3v) is 4.99. The van der Waals surface area contributed by atoms with E-state index < -0.39 is 0 Å². The number of rotatable bonds is 6. The average Bonchev–Trinajstić information content (AvgIpc) is 3.34. The average molecular weight is 421 g/mol. The van der Waals surface area contributed by atoms with Crippen molar-refractivity contribution in [2.24, 2.45) is 0 Å². The van der Waals surface area contributed by atoms with E-state index in [1.165, 1.54) is 18.5 Å². The van der Waals surface area contributed by atoms with Crippen LogP contribution in [0.3, 0.4) is 0 Å². The summed E-state index contributed by atoms with van der Waals surface area (Å²) in [5.74, 6) is -0.466. The SMILES string of the molecule is Nc1ncc(-c2cccc(CNC(=O)c3ccno3)c2)nc1C(=O)NC1CCCNC1. The van der Waals surface area contributed by atoms with Crippen LogP contribution in [0.15, 0.2) is 47.2 Å². The Hall–Kier alpha value is -3.79. The van der Waals surface area contributed by atoms with Gasteiger partial charge in [-0.2, -0.15) is 0 Å². The van der Waals surface area contributed by atoms with Crippen LogP contribution in [0.4, 0.5) is 5.82 Å². The molecule has 3 aromatic rings. The van der Waals surface area contributed by atoms with Gasteiger partial charge >= 0.3 is 0 Å². The lowest BCUT2D eigenvalue weighted by molar-refractivity contribution is 0.0910. The highest BCUT2D eigenvalue weighted by Crippen LogP contribution is 2.20. The Kier molecular flexibility index (Phi) is 6.18. The normalized spacial score (nSPS) is 15.9. The van der Waals surface area contributed by atoms with Crippen LogP contribution in [-0.4, -0.2) is 46.1 Å². The monoisotopic (exact) mass is 421 g/mol. The molecule has 160 valence electrons. The molecule has 2 amide bonds. The molecule has 1 unspecified atom stereocenters. The molecule has 0 radical (unpaired) electrons. The fraction of sp³-hybridized carbons (Fsp3) is 0.286. The highest BCUT2D eigenvalue weighted by Gasteiger charge is 2.20. The molecule has 2 aromatic heterocycles. The van der Waals surface area contributed by atoms with Crippen LogP contribution in [0.1, 0.15) is 39.4 Å². The maximum Gasteiger partial charge on any atom is 0.290 e. The van der Waals surface area contributed by atoms with Crippen molar-refractivity contribution in [3.63, 3.8) is 0 Å². The smallest absolute Gasteiger partial charge is 0.290 e. The zero-order valence-electron chi connectivity index (χ0n) is 16.8. The molecular weight excluding hydrogens is 398 g/mol. The summed E-state index contributed by atoms with van der Waals surface area (Å²) in [5, 5.41) is 12.5. The van der Waals surface area contributed by atoms with Crippen molar-refractivity contribution in [2.45, 2.75) is 25.4 Å². The third-order valence-electron chi connectivity index (χ3n) is 4.99. The number of amides is 2. The summed E-state index contributed by atoms with van der Waals surface area (Å²) < 4.78 is 4.84. The maximum atomic E-state index is 12.7. The summed E-state index contributed by atoms with van der Waals surface area (Å²) in [6, 6.07) is 8.98. The number of nitrogens with one attached hydrogen (secondary N) is 3. The van der Waals surface area contributed by atoms with Gasteiger partial charge in [0.05, 0.1) is 18.1 Å². The van der Waals surface area contributed by atoms with Crippen molar-refractivity contribution in [2.75, 3.05) is 18.8 Å². The molecule has 1 aromatic carbocycles. The van der Waals surface area contributed by atoms with Crippen molar-refractivity contribution in [1.82, 2.24) is 31.1 Å². The van der Waals surface area contributed by atoms with Gasteiger partial charge in [0.15, 0.2) is 11.5 Å². The molecule has 0 bridgehead atoms. The number of hydrogen-bond acceptors (Lipinski definition) is 8. The van der Waals surface area contributed by atoms with Gasteiger partial charge in [0.1, 0.15) is 0 Å². The van der Waals surface area contributed by atoms with Gasteiger partial charge in [-0.3, -0.25) is 9.59 Å².